The van der Waals surface area contributed by atoms with E-state index in [4.69, 9.17) is 0 Å². The molecule has 0 saturated carbocycles. The van der Waals surface area contributed by atoms with Crippen LogP contribution in [0.2, 0.25) is 0 Å². The average molecular weight is 259 g/mol. The third kappa shape index (κ3) is 4.87. The number of aromatic nitrogens is 2. The molecule has 5 nitrogen and oxygen atoms in total. The molecule has 0 aliphatic heterocycles. The number of rotatable bonds is 6. The second-order valence-electron chi connectivity index (χ2n) is 4.48. The Labute approximate surface area is 103 Å². The van der Waals surface area contributed by atoms with Crippen LogP contribution in [0.1, 0.15) is 25.2 Å². The molecular formula is C11H21N3O2S. The van der Waals surface area contributed by atoms with E-state index in [2.05, 4.69) is 17.3 Å². The fraction of sp³-hybridized carbons (Fsp3) is 0.727. The van der Waals surface area contributed by atoms with Crippen LogP contribution >= 0.6 is 0 Å². The van der Waals surface area contributed by atoms with Gasteiger partial charge < -0.3 is 5.32 Å². The summed E-state index contributed by atoms with van der Waals surface area (Å²) in [7, 11) is -1.02. The van der Waals surface area contributed by atoms with Crippen LogP contribution < -0.4 is 5.32 Å². The normalized spacial score (nSPS) is 13.9. The number of hydrogen-bond acceptors (Lipinski definition) is 4. The van der Waals surface area contributed by atoms with Gasteiger partial charge in [0.15, 0.2) is 0 Å². The molecule has 0 bridgehead atoms. The second kappa shape index (κ2) is 5.64. The van der Waals surface area contributed by atoms with Gasteiger partial charge in [-0.3, -0.25) is 4.68 Å². The van der Waals surface area contributed by atoms with E-state index in [1.165, 1.54) is 6.26 Å². The molecule has 98 valence electrons. The molecule has 1 aromatic rings. The lowest BCUT2D eigenvalue weighted by Crippen LogP contribution is -2.32. The topological polar surface area (TPSA) is 64.0 Å². The minimum Gasteiger partial charge on any atom is -0.308 e. The first kappa shape index (κ1) is 14.2. The molecule has 0 aliphatic rings. The molecule has 0 aliphatic carbocycles. The van der Waals surface area contributed by atoms with Crippen molar-refractivity contribution in [3.8, 4) is 0 Å². The maximum Gasteiger partial charge on any atom is 0.148 e. The molecule has 0 radical (unpaired) electrons. The molecule has 0 aromatic carbocycles. The van der Waals surface area contributed by atoms with Crippen molar-refractivity contribution in [2.45, 2.75) is 32.9 Å². The van der Waals surface area contributed by atoms with E-state index in [9.17, 15) is 8.42 Å². The SMILES string of the molecule is CCc1cc(CNC(C)CS(C)(=O)=O)n(C)n1. The first-order valence-corrected chi connectivity index (χ1v) is 7.80. The predicted molar refractivity (Wildman–Crippen MR) is 68.6 cm³/mol. The van der Waals surface area contributed by atoms with E-state index in [1.807, 2.05) is 24.7 Å². The molecule has 0 amide bonds. The summed E-state index contributed by atoms with van der Waals surface area (Å²) >= 11 is 0. The molecular weight excluding hydrogens is 238 g/mol. The molecule has 0 saturated heterocycles. The Balaban J connectivity index is 2.52. The highest BCUT2D eigenvalue weighted by atomic mass is 32.2. The van der Waals surface area contributed by atoms with Crippen molar-refractivity contribution in [1.29, 1.82) is 0 Å². The lowest BCUT2D eigenvalue weighted by Gasteiger charge is -2.12. The molecule has 17 heavy (non-hydrogen) atoms. The standard InChI is InChI=1S/C11H21N3O2S/c1-5-10-6-11(14(3)13-10)7-12-9(2)8-17(4,15)16/h6,9,12H,5,7-8H2,1-4H3. The molecule has 1 rings (SSSR count). The fourth-order valence-electron chi connectivity index (χ4n) is 1.70. The maximum absolute atomic E-state index is 11.1. The summed E-state index contributed by atoms with van der Waals surface area (Å²) in [6.45, 7) is 4.57. The first-order chi connectivity index (χ1) is 7.81. The number of nitrogens with zero attached hydrogens (tertiary/aromatic N) is 2. The Morgan fingerprint density at radius 2 is 2.18 bits per heavy atom. The Bertz CT molecular complexity index is 465. The van der Waals surface area contributed by atoms with Gasteiger partial charge in [0.05, 0.1) is 17.1 Å². The Morgan fingerprint density at radius 3 is 2.65 bits per heavy atom. The van der Waals surface area contributed by atoms with Gasteiger partial charge in [-0.2, -0.15) is 5.10 Å². The van der Waals surface area contributed by atoms with Crippen LogP contribution in [0, 0.1) is 0 Å². The minimum atomic E-state index is -2.92. The molecule has 1 heterocycles. The summed E-state index contributed by atoms with van der Waals surface area (Å²) in [6, 6.07) is 1.99. The van der Waals surface area contributed by atoms with Gasteiger partial charge in [-0.05, 0) is 19.4 Å². The lowest BCUT2D eigenvalue weighted by atomic mass is 10.3. The van der Waals surface area contributed by atoms with E-state index in [0.717, 1.165) is 17.8 Å². The zero-order valence-corrected chi connectivity index (χ0v) is 11.7. The Morgan fingerprint density at radius 1 is 1.53 bits per heavy atom. The molecule has 0 fully saturated rings. The summed E-state index contributed by atoms with van der Waals surface area (Å²) in [6.07, 6.45) is 2.16. The number of hydrogen-bond donors (Lipinski definition) is 1. The summed E-state index contributed by atoms with van der Waals surface area (Å²) < 4.78 is 24.1. The number of aryl methyl sites for hydroxylation is 2. The van der Waals surface area contributed by atoms with E-state index >= 15 is 0 Å². The van der Waals surface area contributed by atoms with Crippen LogP contribution in [-0.4, -0.2) is 36.2 Å². The van der Waals surface area contributed by atoms with Crippen LogP contribution in [0.5, 0.6) is 0 Å². The average Bonchev–Trinajstić information content (AvgIpc) is 2.54. The van der Waals surface area contributed by atoms with E-state index in [1.54, 1.807) is 0 Å². The molecule has 1 N–H and O–H groups in total. The smallest absolute Gasteiger partial charge is 0.148 e. The molecule has 1 aromatic heterocycles. The van der Waals surface area contributed by atoms with Gasteiger partial charge in [-0.25, -0.2) is 8.42 Å². The third-order valence-electron chi connectivity index (χ3n) is 2.57. The summed E-state index contributed by atoms with van der Waals surface area (Å²) in [5, 5.41) is 7.53. The summed E-state index contributed by atoms with van der Waals surface area (Å²) in [5.74, 6) is 0.158. The van der Waals surface area contributed by atoms with Gasteiger partial charge in [-0.15, -0.1) is 0 Å². The maximum atomic E-state index is 11.1. The zero-order chi connectivity index (χ0) is 13.1. The van der Waals surface area contributed by atoms with Crippen LogP contribution in [0.4, 0.5) is 0 Å². The lowest BCUT2D eigenvalue weighted by molar-refractivity contribution is 0.544. The van der Waals surface area contributed by atoms with Crippen molar-refractivity contribution in [1.82, 2.24) is 15.1 Å². The second-order valence-corrected chi connectivity index (χ2v) is 6.66. The van der Waals surface area contributed by atoms with Crippen molar-refractivity contribution in [2.24, 2.45) is 7.05 Å². The number of sulfone groups is 1. The van der Waals surface area contributed by atoms with Crippen LogP contribution in [0.25, 0.3) is 0 Å². The van der Waals surface area contributed by atoms with Crippen molar-refractivity contribution in [2.75, 3.05) is 12.0 Å². The molecule has 1 unspecified atom stereocenters. The monoisotopic (exact) mass is 259 g/mol. The Kier molecular flexibility index (Phi) is 4.70. The Hall–Kier alpha value is -0.880. The highest BCUT2D eigenvalue weighted by molar-refractivity contribution is 7.90. The van der Waals surface area contributed by atoms with Crippen molar-refractivity contribution in [3.05, 3.63) is 17.5 Å². The molecule has 0 spiro atoms. The quantitative estimate of drug-likeness (QED) is 0.808. The highest BCUT2D eigenvalue weighted by Crippen LogP contribution is 2.04. The van der Waals surface area contributed by atoms with Gasteiger partial charge in [-0.1, -0.05) is 6.92 Å². The predicted octanol–water partition coefficient (Wildman–Crippen LogP) is 0.505. The number of nitrogens with one attached hydrogen (secondary N) is 1. The van der Waals surface area contributed by atoms with Gasteiger partial charge >= 0.3 is 0 Å². The van der Waals surface area contributed by atoms with E-state index < -0.39 is 9.84 Å². The minimum absolute atomic E-state index is 0.0509. The van der Waals surface area contributed by atoms with Gasteiger partial charge in [0.2, 0.25) is 0 Å². The van der Waals surface area contributed by atoms with Crippen LogP contribution in [-0.2, 0) is 29.9 Å². The van der Waals surface area contributed by atoms with E-state index in [0.29, 0.717) is 6.54 Å². The van der Waals surface area contributed by atoms with Crippen molar-refractivity contribution in [3.63, 3.8) is 0 Å². The molecule has 6 heteroatoms. The zero-order valence-electron chi connectivity index (χ0n) is 10.9. The largest absolute Gasteiger partial charge is 0.308 e. The van der Waals surface area contributed by atoms with Crippen molar-refractivity contribution >= 4 is 9.84 Å². The highest BCUT2D eigenvalue weighted by Gasteiger charge is 2.11. The fourth-order valence-corrected chi connectivity index (χ4v) is 2.73. The van der Waals surface area contributed by atoms with Gasteiger partial charge in [0.25, 0.3) is 0 Å². The van der Waals surface area contributed by atoms with Gasteiger partial charge in [0, 0.05) is 25.9 Å². The molecule has 1 atom stereocenters. The van der Waals surface area contributed by atoms with Crippen molar-refractivity contribution < 1.29 is 8.42 Å². The summed E-state index contributed by atoms with van der Waals surface area (Å²) in [5.41, 5.74) is 2.13. The summed E-state index contributed by atoms with van der Waals surface area (Å²) in [4.78, 5) is 0. The van der Waals surface area contributed by atoms with Crippen LogP contribution in [0.3, 0.4) is 0 Å². The van der Waals surface area contributed by atoms with Crippen LogP contribution in [0.15, 0.2) is 6.07 Å². The van der Waals surface area contributed by atoms with Gasteiger partial charge in [0.1, 0.15) is 9.84 Å². The third-order valence-corrected chi connectivity index (χ3v) is 3.68. The van der Waals surface area contributed by atoms with E-state index in [-0.39, 0.29) is 11.8 Å². The first-order valence-electron chi connectivity index (χ1n) is 5.74.